The van der Waals surface area contributed by atoms with Crippen LogP contribution in [0.1, 0.15) is 61.5 Å². The summed E-state index contributed by atoms with van der Waals surface area (Å²) in [5, 5.41) is 4.71. The third kappa shape index (κ3) is 6.86. The van der Waals surface area contributed by atoms with Gasteiger partial charge in [0.25, 0.3) is 0 Å². The molecule has 1 aromatic heterocycles. The zero-order valence-corrected chi connectivity index (χ0v) is 18.6. The highest BCUT2D eigenvalue weighted by atomic mass is 127. The largest absolute Gasteiger partial charge is 0.357 e. The molecule has 1 aromatic rings. The molecule has 0 atom stereocenters. The Balaban J connectivity index is 0.00000288. The zero-order valence-electron chi connectivity index (χ0n) is 15.4. The molecule has 1 heterocycles. The molecule has 0 unspecified atom stereocenters. The number of unbranched alkanes of at least 4 members (excludes halogenated alkanes) is 1. The van der Waals surface area contributed by atoms with Crippen LogP contribution in [0.3, 0.4) is 0 Å². The summed E-state index contributed by atoms with van der Waals surface area (Å²) in [4.78, 5) is 13.4. The second kappa shape index (κ2) is 12.1. The van der Waals surface area contributed by atoms with E-state index >= 15 is 0 Å². The Kier molecular flexibility index (Phi) is 10.9. The van der Waals surface area contributed by atoms with Crippen LogP contribution in [0.25, 0.3) is 0 Å². The number of nitrogens with zero attached hydrogens (tertiary/aromatic N) is 3. The molecule has 0 saturated carbocycles. The quantitative estimate of drug-likeness (QED) is 0.270. The number of rotatable bonds is 8. The van der Waals surface area contributed by atoms with E-state index in [0.717, 1.165) is 38.4 Å². The normalized spacial score (nSPS) is 14.0. The molecular weight excluding hydrogens is 431 g/mol. The highest BCUT2D eigenvalue weighted by molar-refractivity contribution is 14.0. The summed E-state index contributed by atoms with van der Waals surface area (Å²) in [6, 6.07) is 0. The van der Waals surface area contributed by atoms with Gasteiger partial charge in [-0.05, 0) is 45.4 Å². The molecule has 24 heavy (non-hydrogen) atoms. The van der Waals surface area contributed by atoms with E-state index in [9.17, 15) is 0 Å². The number of guanidine groups is 1. The Morgan fingerprint density at radius 1 is 1.25 bits per heavy atom. The third-order valence-electron chi connectivity index (χ3n) is 4.24. The van der Waals surface area contributed by atoms with Gasteiger partial charge in [-0.25, -0.2) is 4.98 Å². The van der Waals surface area contributed by atoms with Crippen molar-refractivity contribution in [1.82, 2.24) is 15.2 Å². The van der Waals surface area contributed by atoms with E-state index in [0.29, 0.717) is 0 Å². The number of fused-ring (bicyclic) bond motifs is 1. The van der Waals surface area contributed by atoms with Crippen molar-refractivity contribution in [3.05, 3.63) is 15.6 Å². The molecule has 0 bridgehead atoms. The van der Waals surface area contributed by atoms with Crippen LogP contribution in [0.5, 0.6) is 0 Å². The van der Waals surface area contributed by atoms with Crippen LogP contribution in [0, 0.1) is 0 Å². The van der Waals surface area contributed by atoms with Crippen molar-refractivity contribution in [1.29, 1.82) is 0 Å². The zero-order chi connectivity index (χ0) is 16.5. The fourth-order valence-electron chi connectivity index (χ4n) is 2.90. The lowest BCUT2D eigenvalue weighted by Crippen LogP contribution is -2.39. The molecule has 6 heteroatoms. The average molecular weight is 464 g/mol. The second-order valence-electron chi connectivity index (χ2n) is 6.30. The lowest BCUT2D eigenvalue weighted by molar-refractivity contribution is 0.464. The van der Waals surface area contributed by atoms with Crippen molar-refractivity contribution in [2.45, 2.75) is 65.2 Å². The smallest absolute Gasteiger partial charge is 0.193 e. The molecule has 2 rings (SSSR count). The maximum absolute atomic E-state index is 4.82. The van der Waals surface area contributed by atoms with Crippen molar-refractivity contribution < 1.29 is 0 Å². The molecule has 0 fully saturated rings. The monoisotopic (exact) mass is 464 g/mol. The van der Waals surface area contributed by atoms with Gasteiger partial charge in [0.1, 0.15) is 0 Å². The van der Waals surface area contributed by atoms with E-state index in [2.05, 4.69) is 31.1 Å². The molecule has 0 aromatic carbocycles. The number of aliphatic imine (C=N–C) groups is 1. The third-order valence-corrected chi connectivity index (χ3v) is 5.46. The minimum absolute atomic E-state index is 0. The Labute approximate surface area is 168 Å². The van der Waals surface area contributed by atoms with E-state index < -0.39 is 0 Å². The molecule has 138 valence electrons. The lowest BCUT2D eigenvalue weighted by atomic mass is 10.0. The summed E-state index contributed by atoms with van der Waals surface area (Å²) >= 11 is 1.94. The summed E-state index contributed by atoms with van der Waals surface area (Å²) in [7, 11) is 2.13. The first-order valence-electron chi connectivity index (χ1n) is 9.21. The highest BCUT2D eigenvalue weighted by Crippen LogP contribution is 2.27. The fraction of sp³-hybridized carbons (Fsp3) is 0.778. The number of hydrogen-bond acceptors (Lipinski definition) is 3. The molecule has 0 saturated heterocycles. The minimum atomic E-state index is 0. The van der Waals surface area contributed by atoms with E-state index in [-0.39, 0.29) is 24.0 Å². The highest BCUT2D eigenvalue weighted by Gasteiger charge is 2.14. The van der Waals surface area contributed by atoms with Crippen LogP contribution in [0.4, 0.5) is 0 Å². The molecule has 1 aliphatic carbocycles. The number of aryl methyl sites for hydroxylation is 3. The molecule has 0 radical (unpaired) electrons. The Morgan fingerprint density at radius 3 is 2.75 bits per heavy atom. The van der Waals surface area contributed by atoms with Crippen LogP contribution in [0.2, 0.25) is 0 Å². The van der Waals surface area contributed by atoms with Crippen molar-refractivity contribution >= 4 is 41.3 Å². The van der Waals surface area contributed by atoms with Gasteiger partial charge in [-0.1, -0.05) is 13.3 Å². The lowest BCUT2D eigenvalue weighted by Gasteiger charge is -2.21. The van der Waals surface area contributed by atoms with E-state index in [1.807, 2.05) is 11.3 Å². The minimum Gasteiger partial charge on any atom is -0.357 e. The van der Waals surface area contributed by atoms with E-state index in [1.165, 1.54) is 49.2 Å². The number of hydrogen-bond donors (Lipinski definition) is 1. The van der Waals surface area contributed by atoms with Gasteiger partial charge < -0.3 is 10.2 Å². The fourth-order valence-corrected chi connectivity index (χ4v) is 4.10. The molecule has 4 nitrogen and oxygen atoms in total. The Morgan fingerprint density at radius 2 is 2.04 bits per heavy atom. The summed E-state index contributed by atoms with van der Waals surface area (Å²) < 4.78 is 0. The number of halogens is 1. The average Bonchev–Trinajstić information content (AvgIpc) is 2.98. The van der Waals surface area contributed by atoms with Crippen LogP contribution in [0.15, 0.2) is 4.99 Å². The number of thiazole rings is 1. The van der Waals surface area contributed by atoms with Crippen LogP contribution in [-0.4, -0.2) is 42.5 Å². The van der Waals surface area contributed by atoms with Crippen LogP contribution >= 0.6 is 35.3 Å². The van der Waals surface area contributed by atoms with Crippen molar-refractivity contribution in [2.24, 2.45) is 4.99 Å². The van der Waals surface area contributed by atoms with Gasteiger partial charge in [0, 0.05) is 38.0 Å². The van der Waals surface area contributed by atoms with Gasteiger partial charge in [0.15, 0.2) is 5.96 Å². The van der Waals surface area contributed by atoms with Crippen molar-refractivity contribution in [3.63, 3.8) is 0 Å². The summed E-state index contributed by atoms with van der Waals surface area (Å²) in [5.74, 6) is 1.04. The van der Waals surface area contributed by atoms with Crippen LogP contribution < -0.4 is 5.32 Å². The van der Waals surface area contributed by atoms with Crippen molar-refractivity contribution in [3.8, 4) is 0 Å². The predicted molar refractivity (Wildman–Crippen MR) is 116 cm³/mol. The van der Waals surface area contributed by atoms with Gasteiger partial charge in [-0.3, -0.25) is 4.99 Å². The summed E-state index contributed by atoms with van der Waals surface area (Å²) in [5.41, 5.74) is 1.38. The summed E-state index contributed by atoms with van der Waals surface area (Å²) in [6.07, 6.45) is 9.69. The van der Waals surface area contributed by atoms with Gasteiger partial charge in [0.05, 0.1) is 10.7 Å². The van der Waals surface area contributed by atoms with E-state index in [4.69, 9.17) is 9.98 Å². The van der Waals surface area contributed by atoms with Gasteiger partial charge in [-0.15, -0.1) is 35.3 Å². The number of aromatic nitrogens is 1. The standard InChI is InChI=1S/C18H32N4S.HI/c1-4-6-14-22(3)18(19-5-2)20-13-9-12-17-21-15-10-7-8-11-16(15)23-17;/h4-14H2,1-3H3,(H,19,20);1H. The molecule has 0 aliphatic heterocycles. The predicted octanol–water partition coefficient (Wildman–Crippen LogP) is 4.27. The maximum Gasteiger partial charge on any atom is 0.193 e. The van der Waals surface area contributed by atoms with Crippen LogP contribution in [-0.2, 0) is 19.3 Å². The number of nitrogens with one attached hydrogen (secondary N) is 1. The second-order valence-corrected chi connectivity index (χ2v) is 7.47. The van der Waals surface area contributed by atoms with E-state index in [1.54, 1.807) is 4.88 Å². The maximum atomic E-state index is 4.82. The SMILES string of the molecule is CCCCN(C)C(=NCCCc1nc2c(s1)CCCC2)NCC.I. The molecular formula is C18H33IN4S. The van der Waals surface area contributed by atoms with Gasteiger partial charge in [-0.2, -0.15) is 0 Å². The first kappa shape index (κ1) is 21.7. The first-order chi connectivity index (χ1) is 11.2. The topological polar surface area (TPSA) is 40.5 Å². The van der Waals surface area contributed by atoms with Crippen molar-refractivity contribution in [2.75, 3.05) is 26.7 Å². The van der Waals surface area contributed by atoms with Gasteiger partial charge >= 0.3 is 0 Å². The van der Waals surface area contributed by atoms with Gasteiger partial charge in [0.2, 0.25) is 0 Å². The molecule has 0 amide bonds. The summed E-state index contributed by atoms with van der Waals surface area (Å²) in [6.45, 7) is 7.23. The molecule has 1 aliphatic rings. The Hall–Kier alpha value is -0.370. The molecule has 0 spiro atoms. The first-order valence-corrected chi connectivity index (χ1v) is 10.0. The Bertz CT molecular complexity index is 478. The molecule has 1 N–H and O–H groups in total.